The van der Waals surface area contributed by atoms with Crippen LogP contribution in [0, 0.1) is 11.8 Å². The zero-order valence-corrected chi connectivity index (χ0v) is 10.2. The van der Waals surface area contributed by atoms with E-state index in [2.05, 4.69) is 23.6 Å². The highest BCUT2D eigenvalue weighted by Crippen LogP contribution is 2.33. The first-order chi connectivity index (χ1) is 7.69. The molecule has 0 bridgehead atoms. The first kappa shape index (κ1) is 11.6. The standard InChI is InChI=1S/C12H22N4/c1-9-3-4-11(5-9)12(15-13)6-10-7-14-16(2)8-10/h7-9,11-12,15H,3-6,13H2,1-2H3. The molecule has 0 saturated heterocycles. The van der Waals surface area contributed by atoms with Gasteiger partial charge in [-0.05, 0) is 36.7 Å². The number of nitrogens with zero attached hydrogens (tertiary/aromatic N) is 2. The predicted octanol–water partition coefficient (Wildman–Crippen LogP) is 1.23. The third-order valence-electron chi connectivity index (χ3n) is 3.73. The van der Waals surface area contributed by atoms with Crippen LogP contribution in [0.3, 0.4) is 0 Å². The second kappa shape index (κ2) is 4.97. The second-order valence-corrected chi connectivity index (χ2v) is 5.18. The summed E-state index contributed by atoms with van der Waals surface area (Å²) in [5.74, 6) is 7.25. The fourth-order valence-electron chi connectivity index (χ4n) is 2.81. The Bertz CT molecular complexity index is 334. The minimum Gasteiger partial charge on any atom is -0.276 e. The summed E-state index contributed by atoms with van der Waals surface area (Å²) < 4.78 is 1.85. The Morgan fingerprint density at radius 3 is 2.94 bits per heavy atom. The van der Waals surface area contributed by atoms with Gasteiger partial charge in [0.05, 0.1) is 6.20 Å². The first-order valence-electron chi connectivity index (χ1n) is 6.12. The third kappa shape index (κ3) is 2.62. The van der Waals surface area contributed by atoms with Crippen molar-refractivity contribution < 1.29 is 0 Å². The molecular weight excluding hydrogens is 200 g/mol. The van der Waals surface area contributed by atoms with Crippen LogP contribution in [0.25, 0.3) is 0 Å². The minimum atomic E-state index is 0.397. The zero-order chi connectivity index (χ0) is 11.5. The highest BCUT2D eigenvalue weighted by Gasteiger charge is 2.28. The van der Waals surface area contributed by atoms with Gasteiger partial charge < -0.3 is 0 Å². The number of nitrogens with two attached hydrogens (primary N) is 1. The Balaban J connectivity index is 1.95. The van der Waals surface area contributed by atoms with Crippen molar-refractivity contribution in [2.45, 2.75) is 38.6 Å². The Morgan fingerprint density at radius 1 is 1.62 bits per heavy atom. The molecule has 1 aromatic rings. The van der Waals surface area contributed by atoms with Crippen LogP contribution in [0.5, 0.6) is 0 Å². The van der Waals surface area contributed by atoms with Gasteiger partial charge in [-0.3, -0.25) is 16.0 Å². The Kier molecular flexibility index (Phi) is 3.61. The van der Waals surface area contributed by atoms with Gasteiger partial charge in [0.25, 0.3) is 0 Å². The van der Waals surface area contributed by atoms with Gasteiger partial charge >= 0.3 is 0 Å². The molecule has 1 aliphatic rings. The molecule has 2 rings (SSSR count). The molecule has 16 heavy (non-hydrogen) atoms. The molecular formula is C12H22N4. The lowest BCUT2D eigenvalue weighted by molar-refractivity contribution is 0.353. The van der Waals surface area contributed by atoms with E-state index in [0.717, 1.165) is 18.3 Å². The van der Waals surface area contributed by atoms with Gasteiger partial charge in [-0.1, -0.05) is 13.3 Å². The van der Waals surface area contributed by atoms with Crippen LogP contribution >= 0.6 is 0 Å². The van der Waals surface area contributed by atoms with E-state index in [0.29, 0.717) is 6.04 Å². The van der Waals surface area contributed by atoms with Crippen molar-refractivity contribution in [2.75, 3.05) is 0 Å². The molecule has 1 aromatic heterocycles. The molecule has 1 aliphatic carbocycles. The lowest BCUT2D eigenvalue weighted by Crippen LogP contribution is -2.41. The molecule has 90 valence electrons. The van der Waals surface area contributed by atoms with Crippen LogP contribution in [0.1, 0.15) is 31.7 Å². The first-order valence-corrected chi connectivity index (χ1v) is 6.12. The highest BCUT2D eigenvalue weighted by atomic mass is 15.2. The van der Waals surface area contributed by atoms with Gasteiger partial charge in [-0.2, -0.15) is 5.10 Å². The van der Waals surface area contributed by atoms with Gasteiger partial charge in [0.15, 0.2) is 0 Å². The minimum absolute atomic E-state index is 0.397. The van der Waals surface area contributed by atoms with Crippen molar-refractivity contribution in [3.63, 3.8) is 0 Å². The van der Waals surface area contributed by atoms with E-state index in [1.54, 1.807) is 0 Å². The lowest BCUT2D eigenvalue weighted by atomic mass is 9.93. The molecule has 4 nitrogen and oxygen atoms in total. The molecule has 0 aromatic carbocycles. The number of aryl methyl sites for hydroxylation is 1. The normalized spacial score (nSPS) is 27.2. The topological polar surface area (TPSA) is 55.9 Å². The van der Waals surface area contributed by atoms with Crippen LogP contribution in [-0.4, -0.2) is 15.8 Å². The fraction of sp³-hybridized carbons (Fsp3) is 0.750. The predicted molar refractivity (Wildman–Crippen MR) is 64.5 cm³/mol. The van der Waals surface area contributed by atoms with Crippen molar-refractivity contribution >= 4 is 0 Å². The van der Waals surface area contributed by atoms with Gasteiger partial charge in [0.1, 0.15) is 0 Å². The van der Waals surface area contributed by atoms with Crippen LogP contribution in [-0.2, 0) is 13.5 Å². The molecule has 4 heteroatoms. The zero-order valence-electron chi connectivity index (χ0n) is 10.2. The summed E-state index contributed by atoms with van der Waals surface area (Å²) in [5.41, 5.74) is 4.25. The molecule has 0 spiro atoms. The number of hydrogen-bond donors (Lipinski definition) is 2. The monoisotopic (exact) mass is 222 g/mol. The van der Waals surface area contributed by atoms with E-state index >= 15 is 0 Å². The highest BCUT2D eigenvalue weighted by molar-refractivity contribution is 5.06. The van der Waals surface area contributed by atoms with Crippen LogP contribution in [0.2, 0.25) is 0 Å². The average Bonchev–Trinajstić information content (AvgIpc) is 2.84. The smallest absolute Gasteiger partial charge is 0.0522 e. The summed E-state index contributed by atoms with van der Waals surface area (Å²) in [7, 11) is 1.95. The van der Waals surface area contributed by atoms with Crippen molar-refractivity contribution in [1.29, 1.82) is 0 Å². The van der Waals surface area contributed by atoms with E-state index in [1.165, 1.54) is 24.8 Å². The summed E-state index contributed by atoms with van der Waals surface area (Å²) in [5, 5.41) is 4.19. The maximum Gasteiger partial charge on any atom is 0.0522 e. The Hall–Kier alpha value is -0.870. The molecule has 1 heterocycles. The molecule has 0 radical (unpaired) electrons. The number of nitrogens with one attached hydrogen (secondary N) is 1. The summed E-state index contributed by atoms with van der Waals surface area (Å²) in [6.45, 7) is 2.33. The fourth-order valence-corrected chi connectivity index (χ4v) is 2.81. The van der Waals surface area contributed by atoms with Crippen LogP contribution in [0.4, 0.5) is 0 Å². The van der Waals surface area contributed by atoms with Gasteiger partial charge in [0.2, 0.25) is 0 Å². The second-order valence-electron chi connectivity index (χ2n) is 5.18. The van der Waals surface area contributed by atoms with Gasteiger partial charge in [-0.25, -0.2) is 0 Å². The van der Waals surface area contributed by atoms with Gasteiger partial charge in [0, 0.05) is 19.3 Å². The van der Waals surface area contributed by atoms with Crippen molar-refractivity contribution in [3.05, 3.63) is 18.0 Å². The molecule has 3 N–H and O–H groups in total. The van der Waals surface area contributed by atoms with Crippen molar-refractivity contribution in [2.24, 2.45) is 24.7 Å². The number of hydrogen-bond acceptors (Lipinski definition) is 3. The largest absolute Gasteiger partial charge is 0.276 e. The maximum absolute atomic E-state index is 5.68. The maximum atomic E-state index is 5.68. The number of hydrazine groups is 1. The molecule has 0 amide bonds. The van der Waals surface area contributed by atoms with E-state index in [1.807, 2.05) is 17.9 Å². The number of rotatable bonds is 4. The summed E-state index contributed by atoms with van der Waals surface area (Å²) in [6, 6.07) is 0.397. The van der Waals surface area contributed by atoms with E-state index in [4.69, 9.17) is 5.84 Å². The van der Waals surface area contributed by atoms with Gasteiger partial charge in [-0.15, -0.1) is 0 Å². The number of aromatic nitrogens is 2. The van der Waals surface area contributed by atoms with Crippen molar-refractivity contribution in [3.8, 4) is 0 Å². The van der Waals surface area contributed by atoms with E-state index in [-0.39, 0.29) is 0 Å². The molecule has 3 unspecified atom stereocenters. The molecule has 0 aliphatic heterocycles. The summed E-state index contributed by atoms with van der Waals surface area (Å²) in [6.07, 6.45) is 8.94. The SMILES string of the molecule is CC1CCC(C(Cc2cnn(C)c2)NN)C1. The quantitative estimate of drug-likeness (QED) is 0.595. The molecule has 1 saturated carbocycles. The average molecular weight is 222 g/mol. The summed E-state index contributed by atoms with van der Waals surface area (Å²) in [4.78, 5) is 0. The Labute approximate surface area is 97.2 Å². The third-order valence-corrected chi connectivity index (χ3v) is 3.73. The van der Waals surface area contributed by atoms with Crippen molar-refractivity contribution in [1.82, 2.24) is 15.2 Å². The van der Waals surface area contributed by atoms with Crippen LogP contribution in [0.15, 0.2) is 12.4 Å². The lowest BCUT2D eigenvalue weighted by Gasteiger charge is -2.22. The van der Waals surface area contributed by atoms with Crippen LogP contribution < -0.4 is 11.3 Å². The molecule has 1 fully saturated rings. The Morgan fingerprint density at radius 2 is 2.44 bits per heavy atom. The summed E-state index contributed by atoms with van der Waals surface area (Å²) >= 11 is 0. The van der Waals surface area contributed by atoms with E-state index < -0.39 is 0 Å². The molecule has 3 atom stereocenters. The van der Waals surface area contributed by atoms with E-state index in [9.17, 15) is 0 Å².